The minimum Gasteiger partial charge on any atom is -0.406 e. The first-order chi connectivity index (χ1) is 10.0. The zero-order valence-corrected chi connectivity index (χ0v) is 11.3. The molecule has 111 valence electrons. The van der Waals surface area contributed by atoms with Crippen molar-refractivity contribution in [2.24, 2.45) is 0 Å². The fourth-order valence-corrected chi connectivity index (χ4v) is 1.95. The molecule has 2 aromatic rings. The number of anilines is 1. The van der Waals surface area contributed by atoms with Crippen LogP contribution in [0.2, 0.25) is 0 Å². The molecule has 0 spiro atoms. The molecule has 0 saturated heterocycles. The Bertz CT molecular complexity index is 555. The smallest absolute Gasteiger partial charge is 0.406 e. The van der Waals surface area contributed by atoms with Gasteiger partial charge in [-0.3, -0.25) is 0 Å². The third-order valence-electron chi connectivity index (χ3n) is 2.87. The van der Waals surface area contributed by atoms with Gasteiger partial charge in [-0.1, -0.05) is 30.3 Å². The van der Waals surface area contributed by atoms with Crippen LogP contribution >= 0.6 is 0 Å². The Balaban J connectivity index is 1.86. The van der Waals surface area contributed by atoms with Crippen LogP contribution in [-0.2, 0) is 6.42 Å². The van der Waals surface area contributed by atoms with E-state index in [4.69, 9.17) is 0 Å². The quantitative estimate of drug-likeness (QED) is 0.796. The van der Waals surface area contributed by atoms with Crippen molar-refractivity contribution in [2.45, 2.75) is 19.2 Å². The van der Waals surface area contributed by atoms with E-state index in [0.717, 1.165) is 5.69 Å². The highest BCUT2D eigenvalue weighted by molar-refractivity contribution is 5.42. The number of ether oxygens (including phenoxy) is 1. The van der Waals surface area contributed by atoms with Crippen molar-refractivity contribution in [3.05, 3.63) is 60.2 Å². The summed E-state index contributed by atoms with van der Waals surface area (Å²) in [5.41, 5.74) is 1.52. The molecule has 2 nitrogen and oxygen atoms in total. The van der Waals surface area contributed by atoms with Crippen LogP contribution in [0.5, 0.6) is 5.75 Å². The van der Waals surface area contributed by atoms with Gasteiger partial charge in [0, 0.05) is 12.2 Å². The maximum atomic E-state index is 12.3. The van der Waals surface area contributed by atoms with E-state index in [9.17, 15) is 13.2 Å². The Labute approximate surface area is 121 Å². The molecule has 0 aliphatic rings. The summed E-state index contributed by atoms with van der Waals surface area (Å²) >= 11 is 0. The monoisotopic (exact) mass is 294 g/mol. The largest absolute Gasteiger partial charge is 0.573 e. The third-order valence-corrected chi connectivity index (χ3v) is 2.87. The second kappa shape index (κ2) is 7.02. The minimum absolute atomic E-state index is 0.126. The van der Waals surface area contributed by atoms with Crippen molar-refractivity contribution < 1.29 is 17.9 Å². The molecule has 0 heterocycles. The van der Waals surface area contributed by atoms with E-state index >= 15 is 0 Å². The summed E-state index contributed by atoms with van der Waals surface area (Å²) in [5, 5.41) is 3.20. The molecule has 5 heteroatoms. The Kier molecular flexibility index (Phi) is 5.09. The lowest BCUT2D eigenvalue weighted by Gasteiger charge is -2.13. The van der Waals surface area contributed by atoms with Gasteiger partial charge in [0.1, 0.15) is 5.75 Å². The molecule has 0 unspecified atom stereocenters. The summed E-state index contributed by atoms with van der Waals surface area (Å²) in [5.74, 6) is -0.126. The highest BCUT2D eigenvalue weighted by atomic mass is 19.4. The molecule has 0 aliphatic heterocycles. The average Bonchev–Trinajstić information content (AvgIpc) is 2.45. The summed E-state index contributed by atoms with van der Waals surface area (Å²) < 4.78 is 40.9. The second-order valence-corrected chi connectivity index (χ2v) is 4.47. The van der Waals surface area contributed by atoms with Crippen molar-refractivity contribution in [1.29, 1.82) is 0 Å². The first-order valence-electron chi connectivity index (χ1n) is 6.58. The molecule has 1 N–H and O–H groups in total. The van der Waals surface area contributed by atoms with E-state index in [0.29, 0.717) is 24.9 Å². The first kappa shape index (κ1) is 15.2. The van der Waals surface area contributed by atoms with Crippen molar-refractivity contribution >= 4 is 5.69 Å². The predicted molar refractivity (Wildman–Crippen MR) is 75.2 cm³/mol. The molecule has 0 aromatic heterocycles. The van der Waals surface area contributed by atoms with Gasteiger partial charge >= 0.3 is 6.36 Å². The van der Waals surface area contributed by atoms with Crippen LogP contribution in [-0.4, -0.2) is 12.9 Å². The minimum atomic E-state index is -4.66. The number of para-hydroxylation sites is 1. The van der Waals surface area contributed by atoms with Gasteiger partial charge in [0.25, 0.3) is 0 Å². The molecule has 0 saturated carbocycles. The number of hydrogen-bond acceptors (Lipinski definition) is 2. The number of benzene rings is 2. The van der Waals surface area contributed by atoms with Gasteiger partial charge in [-0.2, -0.15) is 0 Å². The Morgan fingerprint density at radius 2 is 1.76 bits per heavy atom. The van der Waals surface area contributed by atoms with Crippen LogP contribution in [0.25, 0.3) is 0 Å². The molecular formula is C16H15F3NO. The summed E-state index contributed by atoms with van der Waals surface area (Å²) in [4.78, 5) is 0. The van der Waals surface area contributed by atoms with Crippen LogP contribution in [0.3, 0.4) is 0 Å². The molecule has 1 radical (unpaired) electrons. The fraction of sp³-hybridized carbons (Fsp3) is 0.250. The molecule has 21 heavy (non-hydrogen) atoms. The topological polar surface area (TPSA) is 21.3 Å². The van der Waals surface area contributed by atoms with Gasteiger partial charge in [0.15, 0.2) is 0 Å². The number of aryl methyl sites for hydroxylation is 1. The van der Waals surface area contributed by atoms with E-state index in [2.05, 4.69) is 16.1 Å². The lowest BCUT2D eigenvalue weighted by Crippen LogP contribution is -2.18. The predicted octanol–water partition coefficient (Wildman–Crippen LogP) is 4.43. The van der Waals surface area contributed by atoms with Crippen molar-refractivity contribution in [1.82, 2.24) is 0 Å². The average molecular weight is 294 g/mol. The van der Waals surface area contributed by atoms with E-state index in [-0.39, 0.29) is 5.75 Å². The standard InChI is InChI=1S/C16H15F3NO/c17-16(18,19)21-15-11-5-4-7-13(15)8-6-12-20-14-9-2-1-3-10-14/h2-5,7,9-11,20H,6,8,12H2. The van der Waals surface area contributed by atoms with Crippen molar-refractivity contribution in [2.75, 3.05) is 11.9 Å². The number of rotatable bonds is 6. The lowest BCUT2D eigenvalue weighted by molar-refractivity contribution is -0.274. The van der Waals surface area contributed by atoms with Crippen LogP contribution in [0, 0.1) is 6.07 Å². The maximum absolute atomic E-state index is 12.3. The van der Waals surface area contributed by atoms with Crippen molar-refractivity contribution in [3.63, 3.8) is 0 Å². The van der Waals surface area contributed by atoms with Gasteiger partial charge in [-0.15, -0.1) is 13.2 Å². The molecule has 2 rings (SSSR count). The maximum Gasteiger partial charge on any atom is 0.573 e. The zero-order chi connectivity index (χ0) is 15.1. The normalized spacial score (nSPS) is 11.2. The Morgan fingerprint density at radius 1 is 1.05 bits per heavy atom. The number of halogens is 3. The highest BCUT2D eigenvalue weighted by Gasteiger charge is 2.31. The number of alkyl halides is 3. The zero-order valence-electron chi connectivity index (χ0n) is 11.3. The summed E-state index contributed by atoms with van der Waals surface area (Å²) in [6.45, 7) is 0.671. The van der Waals surface area contributed by atoms with Gasteiger partial charge in [-0.25, -0.2) is 0 Å². The Morgan fingerprint density at radius 3 is 2.48 bits per heavy atom. The van der Waals surface area contributed by atoms with Gasteiger partial charge in [0.05, 0.1) is 0 Å². The second-order valence-electron chi connectivity index (χ2n) is 4.47. The van der Waals surface area contributed by atoms with Crippen LogP contribution < -0.4 is 10.1 Å². The van der Waals surface area contributed by atoms with Gasteiger partial charge < -0.3 is 10.1 Å². The fourth-order valence-electron chi connectivity index (χ4n) is 1.95. The lowest BCUT2D eigenvalue weighted by atomic mass is 10.1. The van der Waals surface area contributed by atoms with Gasteiger partial charge in [0.2, 0.25) is 0 Å². The van der Waals surface area contributed by atoms with E-state index < -0.39 is 6.36 Å². The van der Waals surface area contributed by atoms with Gasteiger partial charge in [-0.05, 0) is 42.7 Å². The first-order valence-corrected chi connectivity index (χ1v) is 6.58. The molecule has 0 fully saturated rings. The molecule has 0 atom stereocenters. The van der Waals surface area contributed by atoms with E-state index in [1.165, 1.54) is 12.1 Å². The van der Waals surface area contributed by atoms with Crippen LogP contribution in [0.15, 0.2) is 48.5 Å². The van der Waals surface area contributed by atoms with E-state index in [1.807, 2.05) is 12.1 Å². The highest BCUT2D eigenvalue weighted by Crippen LogP contribution is 2.26. The SMILES string of the molecule is FC(F)(F)Oc1ccccc1CCCNc1cc[c]cc1. The summed E-state index contributed by atoms with van der Waals surface area (Å²) in [6, 6.07) is 16.5. The third kappa shape index (κ3) is 5.38. The molecule has 2 aromatic carbocycles. The number of nitrogens with one attached hydrogen (secondary N) is 1. The Hall–Kier alpha value is -2.17. The molecular weight excluding hydrogens is 279 g/mol. The summed E-state index contributed by atoms with van der Waals surface area (Å²) in [7, 11) is 0. The molecule has 0 aliphatic carbocycles. The van der Waals surface area contributed by atoms with Crippen molar-refractivity contribution in [3.8, 4) is 5.75 Å². The van der Waals surface area contributed by atoms with Crippen LogP contribution in [0.1, 0.15) is 12.0 Å². The van der Waals surface area contributed by atoms with Crippen LogP contribution in [0.4, 0.5) is 18.9 Å². The summed E-state index contributed by atoms with van der Waals surface area (Å²) in [6.07, 6.45) is -3.44. The molecule has 0 amide bonds. The van der Waals surface area contributed by atoms with E-state index in [1.54, 1.807) is 24.3 Å². The number of hydrogen-bond donors (Lipinski definition) is 1. The molecule has 0 bridgehead atoms.